The van der Waals surface area contributed by atoms with E-state index >= 15 is 0 Å². The molecule has 5 heteroatoms. The molecule has 0 aromatic rings. The molecule has 1 rings (SSSR count). The smallest absolute Gasteiger partial charge is 0.164 e. The number of carbonyl (C=O) groups excluding carboxylic acids is 1. The van der Waals surface area contributed by atoms with Crippen molar-refractivity contribution in [2.45, 2.75) is 24.7 Å². The van der Waals surface area contributed by atoms with Gasteiger partial charge >= 0.3 is 0 Å². The van der Waals surface area contributed by atoms with Crippen LogP contribution in [0.25, 0.3) is 0 Å². The van der Waals surface area contributed by atoms with Crippen LogP contribution in [0.2, 0.25) is 0 Å². The topological polar surface area (TPSA) is 98.0 Å². The number of ketones is 1. The first-order chi connectivity index (χ1) is 5.57. The first-order valence-electron chi connectivity index (χ1n) is 3.75. The molecule has 1 fully saturated rings. The number of hydrogen-bond donors (Lipinski definition) is 4. The Balaban J connectivity index is 2.64. The number of carbonyl (C=O) groups is 1. The molecule has 1 aliphatic carbocycles. The minimum Gasteiger partial charge on any atom is -0.394 e. The predicted octanol–water partition coefficient (Wildman–Crippen LogP) is -2.35. The molecule has 0 spiro atoms. The maximum atomic E-state index is 10.8. The van der Waals surface area contributed by atoms with Crippen LogP contribution in [0.1, 0.15) is 6.42 Å². The van der Waals surface area contributed by atoms with Crippen LogP contribution in [-0.4, -0.2) is 51.1 Å². The van der Waals surface area contributed by atoms with Crippen LogP contribution in [0.3, 0.4) is 0 Å². The normalized spacial score (nSPS) is 38.7. The summed E-state index contributed by atoms with van der Waals surface area (Å²) in [6, 6.07) is 0. The summed E-state index contributed by atoms with van der Waals surface area (Å²) in [6.07, 6.45) is -3.87. The fraction of sp³-hybridized carbons (Fsp3) is 0.857. The Bertz CT molecular complexity index is 181. The number of aliphatic hydroxyl groups excluding tert-OH is 4. The summed E-state index contributed by atoms with van der Waals surface area (Å²) in [7, 11) is 0. The Hall–Kier alpha value is -0.490. The average molecular weight is 176 g/mol. The van der Waals surface area contributed by atoms with Crippen LogP contribution in [0.5, 0.6) is 0 Å². The zero-order valence-electron chi connectivity index (χ0n) is 6.42. The summed E-state index contributed by atoms with van der Waals surface area (Å²) in [6.45, 7) is -0.512. The van der Waals surface area contributed by atoms with Gasteiger partial charge in [-0.15, -0.1) is 0 Å². The van der Waals surface area contributed by atoms with Gasteiger partial charge in [0.05, 0.1) is 18.8 Å². The first kappa shape index (κ1) is 9.60. The van der Waals surface area contributed by atoms with Gasteiger partial charge < -0.3 is 20.4 Å². The quantitative estimate of drug-likeness (QED) is 0.377. The first-order valence-corrected chi connectivity index (χ1v) is 3.75. The lowest BCUT2D eigenvalue weighted by molar-refractivity contribution is -0.126. The largest absolute Gasteiger partial charge is 0.394 e. The maximum Gasteiger partial charge on any atom is 0.164 e. The van der Waals surface area contributed by atoms with Crippen molar-refractivity contribution in [3.63, 3.8) is 0 Å². The highest BCUT2D eigenvalue weighted by Gasteiger charge is 2.43. The van der Waals surface area contributed by atoms with Crippen molar-refractivity contribution in [2.75, 3.05) is 6.61 Å². The summed E-state index contributed by atoms with van der Waals surface area (Å²) in [5.74, 6) is -1.22. The highest BCUT2D eigenvalue weighted by atomic mass is 16.3. The standard InChI is InChI=1S/C7H12O5/c8-2-5(10)3-1-4(9)7(12)6(3)11/h3,5-8,10-12H,1-2H2/t3?,5?,6-,7?/m1/s1. The van der Waals surface area contributed by atoms with Crippen LogP contribution < -0.4 is 0 Å². The molecular weight excluding hydrogens is 164 g/mol. The average Bonchev–Trinajstić information content (AvgIpc) is 2.32. The fourth-order valence-corrected chi connectivity index (χ4v) is 1.40. The lowest BCUT2D eigenvalue weighted by Crippen LogP contribution is -2.35. The third kappa shape index (κ3) is 1.49. The van der Waals surface area contributed by atoms with Gasteiger partial charge in [-0.25, -0.2) is 0 Å². The van der Waals surface area contributed by atoms with Crippen molar-refractivity contribution < 1.29 is 25.2 Å². The molecule has 0 aliphatic heterocycles. The van der Waals surface area contributed by atoms with Gasteiger partial charge in [0.25, 0.3) is 0 Å². The molecular formula is C7H12O5. The zero-order valence-corrected chi connectivity index (χ0v) is 6.42. The zero-order chi connectivity index (χ0) is 9.30. The lowest BCUT2D eigenvalue weighted by Gasteiger charge is -2.19. The molecule has 12 heavy (non-hydrogen) atoms. The molecule has 1 aliphatic rings. The van der Waals surface area contributed by atoms with Crippen molar-refractivity contribution in [3.05, 3.63) is 0 Å². The Morgan fingerprint density at radius 1 is 1.50 bits per heavy atom. The van der Waals surface area contributed by atoms with E-state index in [0.717, 1.165) is 0 Å². The molecule has 4 N–H and O–H groups in total. The van der Waals surface area contributed by atoms with Crippen LogP contribution in [0.4, 0.5) is 0 Å². The van der Waals surface area contributed by atoms with Crippen molar-refractivity contribution in [2.24, 2.45) is 5.92 Å². The Labute approximate surface area is 69.3 Å². The summed E-state index contributed by atoms with van der Waals surface area (Å²) in [5, 5.41) is 35.8. The molecule has 0 radical (unpaired) electrons. The van der Waals surface area contributed by atoms with Crippen LogP contribution in [0.15, 0.2) is 0 Å². The highest BCUT2D eigenvalue weighted by Crippen LogP contribution is 2.26. The number of hydrogen-bond acceptors (Lipinski definition) is 5. The van der Waals surface area contributed by atoms with E-state index in [1.54, 1.807) is 0 Å². The van der Waals surface area contributed by atoms with E-state index in [1.807, 2.05) is 0 Å². The van der Waals surface area contributed by atoms with E-state index < -0.39 is 36.6 Å². The van der Waals surface area contributed by atoms with Gasteiger partial charge in [-0.2, -0.15) is 0 Å². The number of Topliss-reactive ketones (excluding diaryl/α,β-unsaturated/α-hetero) is 1. The van der Waals surface area contributed by atoms with Gasteiger partial charge in [0.1, 0.15) is 6.10 Å². The Kier molecular flexibility index (Phi) is 2.79. The van der Waals surface area contributed by atoms with Crippen LogP contribution in [-0.2, 0) is 4.79 Å². The van der Waals surface area contributed by atoms with Crippen molar-refractivity contribution in [3.8, 4) is 0 Å². The summed E-state index contributed by atoms with van der Waals surface area (Å²) < 4.78 is 0. The molecule has 70 valence electrons. The second kappa shape index (κ2) is 3.49. The molecule has 0 bridgehead atoms. The fourth-order valence-electron chi connectivity index (χ4n) is 1.40. The maximum absolute atomic E-state index is 10.8. The molecule has 4 atom stereocenters. The molecule has 0 heterocycles. The van der Waals surface area contributed by atoms with E-state index in [-0.39, 0.29) is 6.42 Å². The van der Waals surface area contributed by atoms with Gasteiger partial charge in [0, 0.05) is 12.3 Å². The van der Waals surface area contributed by atoms with E-state index in [2.05, 4.69) is 0 Å². The van der Waals surface area contributed by atoms with E-state index in [0.29, 0.717) is 0 Å². The van der Waals surface area contributed by atoms with Gasteiger partial charge in [0.2, 0.25) is 0 Å². The summed E-state index contributed by atoms with van der Waals surface area (Å²) in [4.78, 5) is 10.8. The van der Waals surface area contributed by atoms with Crippen LogP contribution >= 0.6 is 0 Å². The molecule has 0 aromatic carbocycles. The number of rotatable bonds is 2. The minimum atomic E-state index is -1.41. The third-order valence-corrected chi connectivity index (χ3v) is 2.21. The number of aliphatic hydroxyl groups is 4. The van der Waals surface area contributed by atoms with Gasteiger partial charge in [-0.3, -0.25) is 4.79 Å². The monoisotopic (exact) mass is 176 g/mol. The second-order valence-electron chi connectivity index (χ2n) is 3.02. The summed E-state index contributed by atoms with van der Waals surface area (Å²) in [5.41, 5.74) is 0. The van der Waals surface area contributed by atoms with Crippen molar-refractivity contribution in [1.29, 1.82) is 0 Å². The van der Waals surface area contributed by atoms with Crippen LogP contribution in [0, 0.1) is 5.92 Å². The SMILES string of the molecule is O=C1CC(C(O)CO)[C@@H](O)C1O. The molecule has 0 aromatic heterocycles. The third-order valence-electron chi connectivity index (χ3n) is 2.21. The molecule has 0 saturated heterocycles. The highest BCUT2D eigenvalue weighted by molar-refractivity contribution is 5.86. The molecule has 0 amide bonds. The van der Waals surface area contributed by atoms with E-state index in [9.17, 15) is 9.90 Å². The predicted molar refractivity (Wildman–Crippen MR) is 38.2 cm³/mol. The molecule has 3 unspecified atom stereocenters. The Morgan fingerprint density at radius 2 is 2.08 bits per heavy atom. The van der Waals surface area contributed by atoms with Crippen molar-refractivity contribution in [1.82, 2.24) is 0 Å². The molecule has 1 saturated carbocycles. The van der Waals surface area contributed by atoms with Gasteiger partial charge in [-0.1, -0.05) is 0 Å². The lowest BCUT2D eigenvalue weighted by atomic mass is 9.99. The van der Waals surface area contributed by atoms with Gasteiger partial charge in [-0.05, 0) is 0 Å². The minimum absolute atomic E-state index is 0.0793. The van der Waals surface area contributed by atoms with Gasteiger partial charge in [0.15, 0.2) is 5.78 Å². The summed E-state index contributed by atoms with van der Waals surface area (Å²) >= 11 is 0. The molecule has 5 nitrogen and oxygen atoms in total. The Morgan fingerprint density at radius 3 is 2.42 bits per heavy atom. The van der Waals surface area contributed by atoms with Crippen molar-refractivity contribution >= 4 is 5.78 Å². The second-order valence-corrected chi connectivity index (χ2v) is 3.02. The van der Waals surface area contributed by atoms with E-state index in [1.165, 1.54) is 0 Å². The van der Waals surface area contributed by atoms with E-state index in [4.69, 9.17) is 15.3 Å².